The van der Waals surface area contributed by atoms with Crippen LogP contribution in [0.15, 0.2) is 36.9 Å². The summed E-state index contributed by atoms with van der Waals surface area (Å²) in [4.78, 5) is 34.2. The first-order chi connectivity index (χ1) is 11.8. The van der Waals surface area contributed by atoms with Gasteiger partial charge in [0.15, 0.2) is 0 Å². The summed E-state index contributed by atoms with van der Waals surface area (Å²) in [6, 6.07) is 4.15. The number of aliphatic hydroxyl groups excluding tert-OH is 1. The van der Waals surface area contributed by atoms with Crippen molar-refractivity contribution in [3.8, 4) is 5.75 Å². The number of alkyl carbamates (subject to hydrolysis) is 1. The van der Waals surface area contributed by atoms with E-state index >= 15 is 0 Å². The highest BCUT2D eigenvalue weighted by atomic mass is 16.6. The molecule has 0 bridgehead atoms. The number of benzene rings is 1. The summed E-state index contributed by atoms with van der Waals surface area (Å²) in [7, 11) is 0. The monoisotopic (exact) mass is 353 g/mol. The van der Waals surface area contributed by atoms with Gasteiger partial charge in [-0.15, -0.1) is 0 Å². The van der Waals surface area contributed by atoms with E-state index in [2.05, 4.69) is 16.6 Å². The van der Waals surface area contributed by atoms with Crippen molar-refractivity contribution in [3.05, 3.63) is 42.5 Å². The van der Waals surface area contributed by atoms with Gasteiger partial charge in [-0.3, -0.25) is 4.79 Å². The van der Waals surface area contributed by atoms with Crippen molar-refractivity contribution >= 4 is 18.0 Å². The molecular weight excluding hydrogens is 334 g/mol. The number of aliphatic carboxylic acids is 1. The minimum Gasteiger partial charge on any atom is -0.508 e. The second kappa shape index (κ2) is 9.93. The molecule has 0 aliphatic carbocycles. The molecule has 0 spiro atoms. The van der Waals surface area contributed by atoms with Gasteiger partial charge >= 0.3 is 18.0 Å². The van der Waals surface area contributed by atoms with Crippen LogP contribution in [0.25, 0.3) is 0 Å². The van der Waals surface area contributed by atoms with E-state index in [0.717, 1.165) is 0 Å². The molecule has 136 valence electrons. The number of hydrogen-bond donors (Lipinski definition) is 4. The first-order valence-corrected chi connectivity index (χ1v) is 7.23. The number of aromatic hydroxyl groups is 1. The fourth-order valence-corrected chi connectivity index (χ4v) is 1.79. The van der Waals surface area contributed by atoms with E-state index in [1.54, 1.807) is 0 Å². The SMILES string of the molecule is C=CCOC(=O)NC(CC(=O)O)C(O)COC(=O)c1cccc(O)c1. The standard InChI is InChI=1S/C16H19NO8/c1-2-6-24-16(23)17-12(8-14(20)21)13(19)9-25-15(22)10-4-3-5-11(18)7-10/h2-5,7,12-13,18-19H,1,6,8-9H2,(H,17,23)(H,20,21). The molecule has 0 heterocycles. The van der Waals surface area contributed by atoms with Crippen molar-refractivity contribution in [3.63, 3.8) is 0 Å². The summed E-state index contributed by atoms with van der Waals surface area (Å²) in [6.07, 6.45) is -1.70. The van der Waals surface area contributed by atoms with Crippen LogP contribution in [0.2, 0.25) is 0 Å². The third kappa shape index (κ3) is 7.36. The lowest BCUT2D eigenvalue weighted by Crippen LogP contribution is -2.47. The predicted molar refractivity (Wildman–Crippen MR) is 85.1 cm³/mol. The van der Waals surface area contributed by atoms with Gasteiger partial charge in [-0.05, 0) is 18.2 Å². The Balaban J connectivity index is 2.62. The Morgan fingerprint density at radius 1 is 1.28 bits per heavy atom. The Kier molecular flexibility index (Phi) is 7.94. The van der Waals surface area contributed by atoms with Crippen LogP contribution < -0.4 is 5.32 Å². The molecule has 9 heteroatoms. The van der Waals surface area contributed by atoms with Crippen molar-refractivity contribution in [2.75, 3.05) is 13.2 Å². The maximum Gasteiger partial charge on any atom is 0.407 e. The Morgan fingerprint density at radius 2 is 2.00 bits per heavy atom. The van der Waals surface area contributed by atoms with Crippen molar-refractivity contribution in [2.45, 2.75) is 18.6 Å². The largest absolute Gasteiger partial charge is 0.508 e. The van der Waals surface area contributed by atoms with Gasteiger partial charge in [-0.1, -0.05) is 18.7 Å². The number of aliphatic hydroxyl groups is 1. The number of ether oxygens (including phenoxy) is 2. The van der Waals surface area contributed by atoms with Crippen LogP contribution in [0.1, 0.15) is 16.8 Å². The number of esters is 1. The van der Waals surface area contributed by atoms with Gasteiger partial charge in [0.1, 0.15) is 25.1 Å². The van der Waals surface area contributed by atoms with E-state index in [1.807, 2.05) is 0 Å². The zero-order valence-corrected chi connectivity index (χ0v) is 13.3. The fraction of sp³-hybridized carbons (Fsp3) is 0.312. The molecule has 1 rings (SSSR count). The lowest BCUT2D eigenvalue weighted by Gasteiger charge is -2.22. The molecule has 0 aliphatic heterocycles. The molecule has 0 fully saturated rings. The molecule has 1 aromatic carbocycles. The number of amides is 1. The number of rotatable bonds is 9. The third-order valence-corrected chi connectivity index (χ3v) is 2.96. The van der Waals surface area contributed by atoms with E-state index in [1.165, 1.54) is 30.3 Å². The van der Waals surface area contributed by atoms with Gasteiger partial charge in [-0.2, -0.15) is 0 Å². The number of nitrogens with one attached hydrogen (secondary N) is 1. The number of phenols is 1. The number of carbonyl (C=O) groups is 3. The first kappa shape index (κ1) is 20.0. The predicted octanol–water partition coefficient (Wildman–Crippen LogP) is 0.665. The highest BCUT2D eigenvalue weighted by Gasteiger charge is 2.26. The van der Waals surface area contributed by atoms with Gasteiger partial charge in [0.05, 0.1) is 18.0 Å². The number of carbonyl (C=O) groups excluding carboxylic acids is 2. The molecule has 0 aliphatic rings. The highest BCUT2D eigenvalue weighted by Crippen LogP contribution is 2.12. The number of carboxylic acids is 1. The maximum absolute atomic E-state index is 11.8. The number of phenolic OH excluding ortho intramolecular Hbond substituents is 1. The van der Waals surface area contributed by atoms with Gasteiger partial charge in [0.25, 0.3) is 0 Å². The van der Waals surface area contributed by atoms with E-state index in [4.69, 9.17) is 9.84 Å². The Labute approximate surface area is 143 Å². The molecule has 0 radical (unpaired) electrons. The molecule has 0 aromatic heterocycles. The van der Waals surface area contributed by atoms with Gasteiger partial charge in [0.2, 0.25) is 0 Å². The fourth-order valence-electron chi connectivity index (χ4n) is 1.79. The van der Waals surface area contributed by atoms with Crippen molar-refractivity contribution in [2.24, 2.45) is 0 Å². The van der Waals surface area contributed by atoms with Crippen molar-refractivity contribution in [1.29, 1.82) is 0 Å². The highest BCUT2D eigenvalue weighted by molar-refractivity contribution is 5.89. The van der Waals surface area contributed by atoms with Crippen LogP contribution >= 0.6 is 0 Å². The van der Waals surface area contributed by atoms with Crippen LogP contribution in [0.4, 0.5) is 4.79 Å². The molecule has 9 nitrogen and oxygen atoms in total. The second-order valence-corrected chi connectivity index (χ2v) is 4.95. The van der Waals surface area contributed by atoms with Crippen LogP contribution in [0, 0.1) is 0 Å². The lowest BCUT2D eigenvalue weighted by molar-refractivity contribution is -0.138. The zero-order chi connectivity index (χ0) is 18.8. The van der Waals surface area contributed by atoms with E-state index in [9.17, 15) is 24.6 Å². The van der Waals surface area contributed by atoms with Crippen LogP contribution in [0.3, 0.4) is 0 Å². The molecule has 4 N–H and O–H groups in total. The van der Waals surface area contributed by atoms with E-state index < -0.39 is 43.2 Å². The second-order valence-electron chi connectivity index (χ2n) is 4.95. The smallest absolute Gasteiger partial charge is 0.407 e. The number of hydrogen-bond acceptors (Lipinski definition) is 7. The molecule has 2 unspecified atom stereocenters. The lowest BCUT2D eigenvalue weighted by atomic mass is 10.1. The van der Waals surface area contributed by atoms with Crippen molar-refractivity contribution < 1.29 is 39.2 Å². The summed E-state index contributed by atoms with van der Waals surface area (Å²) < 4.78 is 9.52. The first-order valence-electron chi connectivity index (χ1n) is 7.23. The summed E-state index contributed by atoms with van der Waals surface area (Å²) in [5, 5.41) is 30.3. The molecular formula is C16H19NO8. The van der Waals surface area contributed by atoms with Crippen LogP contribution in [0.5, 0.6) is 5.75 Å². The average Bonchev–Trinajstić information content (AvgIpc) is 2.56. The zero-order valence-electron chi connectivity index (χ0n) is 13.3. The molecule has 1 aromatic rings. The molecule has 0 saturated heterocycles. The molecule has 25 heavy (non-hydrogen) atoms. The van der Waals surface area contributed by atoms with Crippen LogP contribution in [-0.4, -0.2) is 58.7 Å². The minimum absolute atomic E-state index is 0.0559. The summed E-state index contributed by atoms with van der Waals surface area (Å²) in [5.41, 5.74) is 0.0559. The Bertz CT molecular complexity index is 630. The third-order valence-electron chi connectivity index (χ3n) is 2.96. The maximum atomic E-state index is 11.8. The molecule has 1 amide bonds. The summed E-state index contributed by atoms with van der Waals surface area (Å²) >= 11 is 0. The van der Waals surface area contributed by atoms with Gasteiger partial charge in [-0.25, -0.2) is 9.59 Å². The van der Waals surface area contributed by atoms with E-state index in [-0.39, 0.29) is 17.9 Å². The Hall–Kier alpha value is -3.07. The van der Waals surface area contributed by atoms with Gasteiger partial charge < -0.3 is 30.1 Å². The quantitative estimate of drug-likeness (QED) is 0.375. The molecule has 0 saturated carbocycles. The van der Waals surface area contributed by atoms with Crippen molar-refractivity contribution in [1.82, 2.24) is 5.32 Å². The Morgan fingerprint density at radius 3 is 2.60 bits per heavy atom. The van der Waals surface area contributed by atoms with E-state index in [0.29, 0.717) is 0 Å². The minimum atomic E-state index is -1.48. The molecule has 2 atom stereocenters. The van der Waals surface area contributed by atoms with Gasteiger partial charge in [0, 0.05) is 0 Å². The number of carboxylic acid groups (broad SMARTS) is 1. The van der Waals surface area contributed by atoms with Crippen LogP contribution in [-0.2, 0) is 14.3 Å². The topological polar surface area (TPSA) is 142 Å². The average molecular weight is 353 g/mol. The summed E-state index contributed by atoms with van der Waals surface area (Å²) in [5.74, 6) is -2.23. The summed E-state index contributed by atoms with van der Waals surface area (Å²) in [6.45, 7) is 2.70. The normalized spacial score (nSPS) is 12.5.